The van der Waals surface area contributed by atoms with Gasteiger partial charge in [0.25, 0.3) is 0 Å². The molecule has 2 fully saturated rings. The van der Waals surface area contributed by atoms with Crippen molar-refractivity contribution in [3.8, 4) is 0 Å². The molecular weight excluding hydrogens is 268 g/mol. The molecule has 22 heavy (non-hydrogen) atoms. The van der Waals surface area contributed by atoms with Gasteiger partial charge in [-0.1, -0.05) is 44.1 Å². The molecule has 1 unspecified atom stereocenters. The number of aliphatic hydroxyl groups is 1. The maximum Gasteiger partial charge on any atom is 0.0577 e. The van der Waals surface area contributed by atoms with Crippen LogP contribution in [0.4, 0.5) is 0 Å². The van der Waals surface area contributed by atoms with E-state index in [2.05, 4.69) is 32.9 Å². The van der Waals surface area contributed by atoms with Crippen molar-refractivity contribution in [1.29, 1.82) is 0 Å². The molecule has 2 saturated carbocycles. The molecule has 4 rings (SSSR count). The Morgan fingerprint density at radius 2 is 1.82 bits per heavy atom. The van der Waals surface area contributed by atoms with Crippen molar-refractivity contribution < 1.29 is 5.11 Å². The van der Waals surface area contributed by atoms with Gasteiger partial charge in [0, 0.05) is 0 Å². The number of fused-ring (bicyclic) bond motifs is 5. The van der Waals surface area contributed by atoms with Crippen molar-refractivity contribution in [2.45, 2.75) is 78.2 Å². The summed E-state index contributed by atoms with van der Waals surface area (Å²) in [6, 6.07) is 0. The lowest BCUT2D eigenvalue weighted by molar-refractivity contribution is -0.0299. The van der Waals surface area contributed by atoms with Crippen LogP contribution in [0.5, 0.6) is 0 Å². The molecule has 1 nitrogen and oxygen atoms in total. The first-order valence-corrected chi connectivity index (χ1v) is 9.56. The molecule has 6 atom stereocenters. The van der Waals surface area contributed by atoms with Crippen LogP contribution in [-0.2, 0) is 0 Å². The maximum absolute atomic E-state index is 10.1. The number of hydrogen-bond acceptors (Lipinski definition) is 1. The van der Waals surface area contributed by atoms with Crippen molar-refractivity contribution in [3.63, 3.8) is 0 Å². The zero-order valence-corrected chi connectivity index (χ0v) is 14.6. The van der Waals surface area contributed by atoms with E-state index in [9.17, 15) is 5.11 Å². The van der Waals surface area contributed by atoms with E-state index >= 15 is 0 Å². The lowest BCUT2D eigenvalue weighted by Gasteiger charge is -2.57. The molecule has 0 heterocycles. The minimum absolute atomic E-state index is 0.0791. The highest BCUT2D eigenvalue weighted by atomic mass is 16.3. The lowest BCUT2D eigenvalue weighted by atomic mass is 9.47. The molecule has 0 bridgehead atoms. The lowest BCUT2D eigenvalue weighted by Crippen LogP contribution is -2.49. The molecule has 0 aliphatic heterocycles. The Hall–Kier alpha value is -0.560. The molecule has 1 heteroatoms. The van der Waals surface area contributed by atoms with Gasteiger partial charge >= 0.3 is 0 Å². The SMILES string of the molecule is CCC1=CC[C@H]2[C@@H]3CC=C4CC(O)CC[C@]4(C)[C@H]3CC[C@]12C. The van der Waals surface area contributed by atoms with Crippen LogP contribution in [-0.4, -0.2) is 11.2 Å². The van der Waals surface area contributed by atoms with Crippen LogP contribution in [0.3, 0.4) is 0 Å². The molecule has 0 amide bonds. The number of aliphatic hydroxyl groups excluding tert-OH is 1. The van der Waals surface area contributed by atoms with Crippen molar-refractivity contribution in [1.82, 2.24) is 0 Å². The molecule has 122 valence electrons. The van der Waals surface area contributed by atoms with Gasteiger partial charge in [0.15, 0.2) is 0 Å². The number of rotatable bonds is 1. The van der Waals surface area contributed by atoms with Gasteiger partial charge in [-0.05, 0) is 80.0 Å². The zero-order valence-electron chi connectivity index (χ0n) is 14.6. The smallest absolute Gasteiger partial charge is 0.0577 e. The van der Waals surface area contributed by atoms with Gasteiger partial charge in [-0.2, -0.15) is 0 Å². The zero-order chi connectivity index (χ0) is 15.5. The number of hydrogen-bond donors (Lipinski definition) is 1. The summed E-state index contributed by atoms with van der Waals surface area (Å²) < 4.78 is 0. The van der Waals surface area contributed by atoms with Crippen molar-refractivity contribution >= 4 is 0 Å². The van der Waals surface area contributed by atoms with Crippen LogP contribution >= 0.6 is 0 Å². The van der Waals surface area contributed by atoms with Gasteiger partial charge in [0.1, 0.15) is 0 Å². The van der Waals surface area contributed by atoms with Crippen molar-refractivity contribution in [3.05, 3.63) is 23.3 Å². The van der Waals surface area contributed by atoms with Gasteiger partial charge < -0.3 is 5.11 Å². The predicted molar refractivity (Wildman–Crippen MR) is 91.5 cm³/mol. The molecule has 4 aliphatic carbocycles. The van der Waals surface area contributed by atoms with Gasteiger partial charge in [0.05, 0.1) is 6.10 Å². The summed E-state index contributed by atoms with van der Waals surface area (Å²) >= 11 is 0. The van der Waals surface area contributed by atoms with E-state index in [0.29, 0.717) is 10.8 Å². The quantitative estimate of drug-likeness (QED) is 0.655. The maximum atomic E-state index is 10.1. The highest BCUT2D eigenvalue weighted by Gasteiger charge is 2.56. The van der Waals surface area contributed by atoms with Crippen LogP contribution in [0.25, 0.3) is 0 Å². The molecule has 0 spiro atoms. The fourth-order valence-electron chi connectivity index (χ4n) is 6.85. The Morgan fingerprint density at radius 1 is 1.05 bits per heavy atom. The normalized spacial score (nSPS) is 50.5. The topological polar surface area (TPSA) is 20.2 Å². The Labute approximate surface area is 135 Å². The summed E-state index contributed by atoms with van der Waals surface area (Å²) in [5, 5.41) is 10.1. The van der Waals surface area contributed by atoms with Crippen molar-refractivity contribution in [2.75, 3.05) is 0 Å². The summed E-state index contributed by atoms with van der Waals surface area (Å²) in [4.78, 5) is 0. The predicted octanol–water partition coefficient (Wildman–Crippen LogP) is 5.26. The Kier molecular flexibility index (Phi) is 3.39. The minimum atomic E-state index is -0.0791. The first-order chi connectivity index (χ1) is 10.5. The second-order valence-electron chi connectivity index (χ2n) is 8.93. The molecule has 0 aromatic rings. The van der Waals surface area contributed by atoms with E-state index in [1.807, 2.05) is 0 Å². The molecule has 1 N–H and O–H groups in total. The average molecular weight is 300 g/mol. The van der Waals surface area contributed by atoms with Gasteiger partial charge in [-0.15, -0.1) is 0 Å². The molecule has 4 aliphatic rings. The fourth-order valence-corrected chi connectivity index (χ4v) is 6.85. The van der Waals surface area contributed by atoms with Crippen LogP contribution in [0.1, 0.15) is 72.1 Å². The third-order valence-electron chi connectivity index (χ3n) is 8.20. The first kappa shape index (κ1) is 15.0. The van der Waals surface area contributed by atoms with E-state index < -0.39 is 0 Å². The highest BCUT2D eigenvalue weighted by Crippen LogP contribution is 2.65. The second-order valence-corrected chi connectivity index (χ2v) is 8.93. The molecule has 0 aromatic carbocycles. The number of allylic oxidation sites excluding steroid dienone is 3. The second kappa shape index (κ2) is 4.97. The third-order valence-corrected chi connectivity index (χ3v) is 8.20. The Bertz CT molecular complexity index is 530. The van der Waals surface area contributed by atoms with Crippen LogP contribution in [0, 0.1) is 28.6 Å². The van der Waals surface area contributed by atoms with E-state index in [0.717, 1.165) is 30.6 Å². The summed E-state index contributed by atoms with van der Waals surface area (Å²) in [7, 11) is 0. The molecular formula is C21H32O. The van der Waals surface area contributed by atoms with Crippen LogP contribution < -0.4 is 0 Å². The van der Waals surface area contributed by atoms with Gasteiger partial charge in [0.2, 0.25) is 0 Å². The summed E-state index contributed by atoms with van der Waals surface area (Å²) in [5.74, 6) is 2.62. The van der Waals surface area contributed by atoms with Gasteiger partial charge in [-0.3, -0.25) is 0 Å². The monoisotopic (exact) mass is 300 g/mol. The Balaban J connectivity index is 1.66. The third kappa shape index (κ3) is 1.87. The molecule has 0 aromatic heterocycles. The summed E-state index contributed by atoms with van der Waals surface area (Å²) in [6.45, 7) is 7.42. The van der Waals surface area contributed by atoms with E-state index in [4.69, 9.17) is 0 Å². The fraction of sp³-hybridized carbons (Fsp3) is 0.810. The molecule has 0 saturated heterocycles. The van der Waals surface area contributed by atoms with E-state index in [-0.39, 0.29) is 6.10 Å². The summed E-state index contributed by atoms with van der Waals surface area (Å²) in [5.41, 5.74) is 4.22. The minimum Gasteiger partial charge on any atom is -0.393 e. The summed E-state index contributed by atoms with van der Waals surface area (Å²) in [6.07, 6.45) is 14.8. The highest BCUT2D eigenvalue weighted by molar-refractivity contribution is 5.29. The van der Waals surface area contributed by atoms with Crippen LogP contribution in [0.2, 0.25) is 0 Å². The first-order valence-electron chi connectivity index (χ1n) is 9.56. The standard InChI is InChI=1S/C21H32O/c1-4-14-6-8-18-17-7-5-15-13-16(22)9-11-21(15,3)19(17)10-12-20(14,18)2/h5-6,16-19,22H,4,7-13H2,1-3H3/t16?,17-,18-,19-,20+,21-/m0/s1. The average Bonchev–Trinajstić information content (AvgIpc) is 2.84. The van der Waals surface area contributed by atoms with Gasteiger partial charge in [-0.25, -0.2) is 0 Å². The van der Waals surface area contributed by atoms with E-state index in [1.165, 1.54) is 38.5 Å². The van der Waals surface area contributed by atoms with E-state index in [1.54, 1.807) is 11.1 Å². The van der Waals surface area contributed by atoms with Crippen LogP contribution in [0.15, 0.2) is 23.3 Å². The Morgan fingerprint density at radius 3 is 2.59 bits per heavy atom. The largest absolute Gasteiger partial charge is 0.393 e. The molecule has 0 radical (unpaired) electrons. The van der Waals surface area contributed by atoms with Crippen molar-refractivity contribution in [2.24, 2.45) is 28.6 Å².